The Morgan fingerprint density at radius 1 is 0.350 bits per heavy atom. The minimum absolute atomic E-state index is 0.946. The van der Waals surface area contributed by atoms with Gasteiger partial charge < -0.3 is 0 Å². The molecule has 0 spiro atoms. The topological polar surface area (TPSA) is 24.7 Å². The summed E-state index contributed by atoms with van der Waals surface area (Å²) >= 11 is 0. The molecule has 0 aliphatic heterocycles. The zero-order chi connectivity index (χ0) is 42.7. The van der Waals surface area contributed by atoms with E-state index in [1.807, 2.05) is 6.21 Å². The SMILES string of the molecule is CCCCCCCCCCCCCCCCCCC=Cc1ccc(N=CC(CCCC)=Nc2ccc(C=CCCCCCCCCCCCCCCCCCC)cc2)cc1. The molecule has 0 unspecified atom stereocenters. The van der Waals surface area contributed by atoms with Crippen LogP contribution in [0.4, 0.5) is 11.4 Å². The molecule has 0 saturated heterocycles. The van der Waals surface area contributed by atoms with Crippen molar-refractivity contribution in [3.63, 3.8) is 0 Å². The van der Waals surface area contributed by atoms with Gasteiger partial charge in [-0.1, -0.05) is 268 Å². The van der Waals surface area contributed by atoms with Crippen LogP contribution >= 0.6 is 0 Å². The first kappa shape index (κ1) is 53.4. The molecule has 2 nitrogen and oxygen atoms in total. The number of allylic oxidation sites excluding steroid dienone is 2. The predicted molar refractivity (Wildman–Crippen MR) is 274 cm³/mol. The Bertz CT molecular complexity index is 1310. The zero-order valence-electron chi connectivity index (χ0n) is 40.1. The minimum atomic E-state index is 0.946. The third kappa shape index (κ3) is 33.0. The highest BCUT2D eigenvalue weighted by molar-refractivity contribution is 6.31. The maximum Gasteiger partial charge on any atom is 0.0634 e. The number of nitrogens with zero attached hydrogens (tertiary/aromatic N) is 2. The van der Waals surface area contributed by atoms with Crippen molar-refractivity contribution >= 4 is 35.5 Å². The number of aliphatic imine (C=N–C) groups is 2. The van der Waals surface area contributed by atoms with Crippen LogP contribution in [0.5, 0.6) is 0 Å². The summed E-state index contributed by atoms with van der Waals surface area (Å²) in [5.41, 5.74) is 5.55. The van der Waals surface area contributed by atoms with Crippen LogP contribution in [0.3, 0.4) is 0 Å². The molecule has 0 saturated carbocycles. The summed E-state index contributed by atoms with van der Waals surface area (Å²) < 4.78 is 0. The highest BCUT2D eigenvalue weighted by Gasteiger charge is 2.00. The molecular formula is C58H96N2. The van der Waals surface area contributed by atoms with Gasteiger partial charge in [0.25, 0.3) is 0 Å². The molecule has 0 radical (unpaired) electrons. The van der Waals surface area contributed by atoms with Gasteiger partial charge in [0, 0.05) is 6.21 Å². The Balaban J connectivity index is 1.55. The summed E-state index contributed by atoms with van der Waals surface area (Å²) in [5.74, 6) is 0. The monoisotopic (exact) mass is 821 g/mol. The Labute approximate surface area is 374 Å². The average molecular weight is 821 g/mol. The van der Waals surface area contributed by atoms with Crippen LogP contribution in [0.15, 0.2) is 70.7 Å². The highest BCUT2D eigenvalue weighted by atomic mass is 14.8. The molecule has 0 N–H and O–H groups in total. The highest BCUT2D eigenvalue weighted by Crippen LogP contribution is 2.20. The van der Waals surface area contributed by atoms with Gasteiger partial charge in [0.1, 0.15) is 0 Å². The van der Waals surface area contributed by atoms with E-state index in [0.717, 1.165) is 36.3 Å². The van der Waals surface area contributed by atoms with E-state index in [0.29, 0.717) is 0 Å². The Morgan fingerprint density at radius 3 is 0.983 bits per heavy atom. The molecule has 2 aromatic rings. The third-order valence-electron chi connectivity index (χ3n) is 12.3. The van der Waals surface area contributed by atoms with Crippen LogP contribution in [0, 0.1) is 0 Å². The van der Waals surface area contributed by atoms with Crippen LogP contribution in [-0.4, -0.2) is 11.9 Å². The molecule has 0 aliphatic rings. The van der Waals surface area contributed by atoms with Crippen molar-refractivity contribution in [1.29, 1.82) is 0 Å². The van der Waals surface area contributed by atoms with E-state index in [9.17, 15) is 0 Å². The van der Waals surface area contributed by atoms with E-state index in [-0.39, 0.29) is 0 Å². The second-order valence-electron chi connectivity index (χ2n) is 18.1. The smallest absolute Gasteiger partial charge is 0.0634 e. The molecule has 338 valence electrons. The summed E-state index contributed by atoms with van der Waals surface area (Å²) in [6.45, 7) is 6.84. The van der Waals surface area contributed by atoms with Gasteiger partial charge in [0.2, 0.25) is 0 Å². The van der Waals surface area contributed by atoms with Crippen molar-refractivity contribution in [2.75, 3.05) is 0 Å². The van der Waals surface area contributed by atoms with Crippen molar-refractivity contribution < 1.29 is 0 Å². The number of unbranched alkanes of at least 4 members (excludes halogenated alkanes) is 33. The van der Waals surface area contributed by atoms with Crippen molar-refractivity contribution in [2.45, 2.75) is 258 Å². The molecule has 0 bridgehead atoms. The Hall–Kier alpha value is -2.74. The second-order valence-corrected chi connectivity index (χ2v) is 18.1. The fourth-order valence-electron chi connectivity index (χ4n) is 8.21. The fraction of sp³-hybridized carbons (Fsp3) is 0.690. The van der Waals surface area contributed by atoms with Crippen LogP contribution < -0.4 is 0 Å². The maximum atomic E-state index is 5.00. The summed E-state index contributed by atoms with van der Waals surface area (Å²) in [6, 6.07) is 17.3. The van der Waals surface area contributed by atoms with Crippen LogP contribution in [-0.2, 0) is 0 Å². The number of rotatable bonds is 42. The third-order valence-corrected chi connectivity index (χ3v) is 12.3. The average Bonchev–Trinajstić information content (AvgIpc) is 3.27. The maximum absolute atomic E-state index is 5.00. The lowest BCUT2D eigenvalue weighted by Gasteiger charge is -2.03. The van der Waals surface area contributed by atoms with E-state index in [2.05, 4.69) is 93.6 Å². The van der Waals surface area contributed by atoms with E-state index in [1.165, 1.54) is 229 Å². The van der Waals surface area contributed by atoms with Gasteiger partial charge in [0.05, 0.1) is 17.1 Å². The van der Waals surface area contributed by atoms with Crippen molar-refractivity contribution in [1.82, 2.24) is 0 Å². The lowest BCUT2D eigenvalue weighted by Crippen LogP contribution is -1.99. The summed E-state index contributed by atoms with van der Waals surface area (Å²) in [4.78, 5) is 9.82. The molecule has 0 heterocycles. The molecule has 0 atom stereocenters. The van der Waals surface area contributed by atoms with Crippen molar-refractivity contribution in [3.05, 3.63) is 71.8 Å². The number of hydrogen-bond acceptors (Lipinski definition) is 2. The van der Waals surface area contributed by atoms with E-state index in [4.69, 9.17) is 9.98 Å². The van der Waals surface area contributed by atoms with E-state index < -0.39 is 0 Å². The first-order valence-electron chi connectivity index (χ1n) is 26.4. The first-order valence-corrected chi connectivity index (χ1v) is 26.4. The summed E-state index contributed by atoms with van der Waals surface area (Å²) in [7, 11) is 0. The lowest BCUT2D eigenvalue weighted by atomic mass is 10.0. The molecular weight excluding hydrogens is 725 g/mol. The minimum Gasteiger partial charge on any atom is -0.255 e. The molecule has 60 heavy (non-hydrogen) atoms. The molecule has 0 aromatic heterocycles. The van der Waals surface area contributed by atoms with Crippen LogP contribution in [0.1, 0.15) is 269 Å². The number of benzene rings is 2. The van der Waals surface area contributed by atoms with Gasteiger partial charge in [-0.05, 0) is 73.9 Å². The Kier molecular flexibility index (Phi) is 37.0. The largest absolute Gasteiger partial charge is 0.255 e. The molecule has 2 aromatic carbocycles. The van der Waals surface area contributed by atoms with Gasteiger partial charge in [-0.3, -0.25) is 9.98 Å². The predicted octanol–water partition coefficient (Wildman–Crippen LogP) is 20.7. The van der Waals surface area contributed by atoms with Crippen molar-refractivity contribution in [3.8, 4) is 0 Å². The normalized spacial score (nSPS) is 12.3. The van der Waals surface area contributed by atoms with Gasteiger partial charge in [-0.25, -0.2) is 0 Å². The van der Waals surface area contributed by atoms with Gasteiger partial charge >= 0.3 is 0 Å². The second kappa shape index (κ2) is 41.6. The van der Waals surface area contributed by atoms with Crippen LogP contribution in [0.2, 0.25) is 0 Å². The Morgan fingerprint density at radius 2 is 0.650 bits per heavy atom. The zero-order valence-corrected chi connectivity index (χ0v) is 40.1. The molecule has 0 fully saturated rings. The van der Waals surface area contributed by atoms with E-state index >= 15 is 0 Å². The molecule has 2 heteroatoms. The summed E-state index contributed by atoms with van der Waals surface area (Å²) in [5, 5.41) is 0. The standard InChI is InChI=1S/C58H96N2/c1-4-7-10-12-14-16-18-20-22-24-26-28-30-32-34-36-38-40-42-54-45-49-56(50-46-54)59-53-58(44-9-6-3)60-57-51-47-55(48-52-57)43-41-39-37-35-33-31-29-27-25-23-21-19-17-15-13-11-8-5-2/h40-43,45-53H,4-39,44H2,1-3H3. The van der Waals surface area contributed by atoms with E-state index in [1.54, 1.807) is 0 Å². The summed E-state index contributed by atoms with van der Waals surface area (Å²) in [6.07, 6.45) is 62.3. The van der Waals surface area contributed by atoms with Crippen molar-refractivity contribution in [2.24, 2.45) is 9.98 Å². The molecule has 0 amide bonds. The van der Waals surface area contributed by atoms with Crippen LogP contribution in [0.25, 0.3) is 12.2 Å². The lowest BCUT2D eigenvalue weighted by molar-refractivity contribution is 0.530. The van der Waals surface area contributed by atoms with Gasteiger partial charge in [-0.2, -0.15) is 0 Å². The molecule has 0 aliphatic carbocycles. The van der Waals surface area contributed by atoms with Gasteiger partial charge in [-0.15, -0.1) is 0 Å². The quantitative estimate of drug-likeness (QED) is 0.0471. The van der Waals surface area contributed by atoms with Gasteiger partial charge in [0.15, 0.2) is 0 Å². The first-order chi connectivity index (χ1) is 29.7. The molecule has 2 rings (SSSR count). The number of hydrogen-bond donors (Lipinski definition) is 0. The fourth-order valence-corrected chi connectivity index (χ4v) is 8.21.